The Morgan fingerprint density at radius 2 is 1.76 bits per heavy atom. The zero-order chi connectivity index (χ0) is 27.8. The molecule has 1 aromatic heterocycles. The van der Waals surface area contributed by atoms with E-state index in [4.69, 9.17) is 0 Å². The largest absolute Gasteiger partial charge is 0.477 e. The van der Waals surface area contributed by atoms with Gasteiger partial charge in [0.05, 0.1) is 23.2 Å². The summed E-state index contributed by atoms with van der Waals surface area (Å²) in [6.07, 6.45) is 4.22. The third-order valence-corrected chi connectivity index (χ3v) is 9.63. The van der Waals surface area contributed by atoms with Gasteiger partial charge in [0.1, 0.15) is 16.5 Å². The molecule has 2 aromatic rings. The van der Waals surface area contributed by atoms with E-state index < -0.39 is 51.0 Å². The van der Waals surface area contributed by atoms with Crippen LogP contribution in [-0.2, 0) is 14.8 Å². The highest BCUT2D eigenvalue weighted by atomic mass is 32.2. The molecular weight excluding hydrogens is 534 g/mol. The zero-order valence-corrected chi connectivity index (χ0v) is 23.1. The third-order valence-electron chi connectivity index (χ3n) is 6.74. The number of hydrogen-bond acceptors (Lipinski definition) is 5. The van der Waals surface area contributed by atoms with Crippen LogP contribution in [0, 0.1) is 34.8 Å². The molecule has 1 saturated carbocycles. The molecule has 11 heteroatoms. The molecule has 204 valence electrons. The molecule has 38 heavy (non-hydrogen) atoms. The molecule has 0 spiro atoms. The van der Waals surface area contributed by atoms with Crippen LogP contribution in [0.4, 0.5) is 14.5 Å². The number of aromatic carboxylic acids is 1. The van der Waals surface area contributed by atoms with Crippen LogP contribution in [0.3, 0.4) is 0 Å². The van der Waals surface area contributed by atoms with Gasteiger partial charge in [-0.1, -0.05) is 37.2 Å². The van der Waals surface area contributed by atoms with Crippen molar-refractivity contribution in [1.29, 1.82) is 0 Å². The van der Waals surface area contributed by atoms with Crippen molar-refractivity contribution in [3.8, 4) is 11.8 Å². The van der Waals surface area contributed by atoms with Crippen LogP contribution in [-0.4, -0.2) is 48.8 Å². The average molecular weight is 565 g/mol. The summed E-state index contributed by atoms with van der Waals surface area (Å²) in [6.45, 7) is 4.90. The van der Waals surface area contributed by atoms with Gasteiger partial charge in [0.25, 0.3) is 0 Å². The number of halogens is 2. The molecule has 1 aliphatic heterocycles. The smallest absolute Gasteiger partial charge is 0.348 e. The van der Waals surface area contributed by atoms with E-state index in [1.165, 1.54) is 4.90 Å². The fraction of sp³-hybridized carbons (Fsp3) is 0.481. The van der Waals surface area contributed by atoms with E-state index in [2.05, 4.69) is 11.8 Å². The molecule has 1 amide bonds. The summed E-state index contributed by atoms with van der Waals surface area (Å²) < 4.78 is 56.5. The molecule has 4 rings (SSSR count). The number of anilines is 1. The molecule has 1 atom stereocenters. The molecule has 1 N–H and O–H groups in total. The van der Waals surface area contributed by atoms with Gasteiger partial charge in [-0.2, -0.15) is 4.31 Å². The highest BCUT2D eigenvalue weighted by Gasteiger charge is 2.45. The molecule has 2 fully saturated rings. The Morgan fingerprint density at radius 1 is 1.13 bits per heavy atom. The van der Waals surface area contributed by atoms with Crippen molar-refractivity contribution < 1.29 is 31.9 Å². The summed E-state index contributed by atoms with van der Waals surface area (Å²) in [5, 5.41) is 9.95. The quantitative estimate of drug-likeness (QED) is 0.510. The van der Waals surface area contributed by atoms with Crippen LogP contribution < -0.4 is 4.90 Å². The second kappa shape index (κ2) is 10.8. The molecule has 2 heterocycles. The van der Waals surface area contributed by atoms with Gasteiger partial charge in [0.2, 0.25) is 15.9 Å². The number of hydrogen-bond donors (Lipinski definition) is 1. The fourth-order valence-electron chi connectivity index (χ4n) is 5.02. The molecule has 2 aliphatic rings. The Hall–Kier alpha value is -2.81. The number of piperazine rings is 1. The summed E-state index contributed by atoms with van der Waals surface area (Å²) in [7, 11) is -4.68. The minimum atomic E-state index is -4.68. The van der Waals surface area contributed by atoms with Gasteiger partial charge in [0, 0.05) is 12.0 Å². The van der Waals surface area contributed by atoms with Crippen molar-refractivity contribution in [2.45, 2.75) is 63.8 Å². The number of thiophene rings is 1. The van der Waals surface area contributed by atoms with E-state index >= 15 is 0 Å². The van der Waals surface area contributed by atoms with Crippen molar-refractivity contribution in [3.05, 3.63) is 45.7 Å². The molecule has 1 unspecified atom stereocenters. The second-order valence-electron chi connectivity index (χ2n) is 10.7. The lowest BCUT2D eigenvalue weighted by Gasteiger charge is -2.44. The second-order valence-corrected chi connectivity index (χ2v) is 13.6. The Kier molecular flexibility index (Phi) is 7.98. The Morgan fingerprint density at radius 3 is 2.34 bits per heavy atom. The number of nitrogens with zero attached hydrogens (tertiary/aromatic N) is 2. The lowest BCUT2D eigenvalue weighted by atomic mass is 9.82. The maximum atomic E-state index is 14.5. The maximum absolute atomic E-state index is 14.5. The van der Waals surface area contributed by atoms with Crippen LogP contribution in [0.5, 0.6) is 0 Å². The first-order valence-corrected chi connectivity index (χ1v) is 14.7. The number of benzene rings is 1. The molecule has 1 aromatic carbocycles. The molecular formula is C27H30F2N2O5S2. The van der Waals surface area contributed by atoms with Gasteiger partial charge in [-0.15, -0.1) is 11.3 Å². The van der Waals surface area contributed by atoms with Crippen molar-refractivity contribution in [1.82, 2.24) is 4.31 Å². The van der Waals surface area contributed by atoms with Gasteiger partial charge >= 0.3 is 5.97 Å². The Labute approximate surface area is 225 Å². The van der Waals surface area contributed by atoms with E-state index in [1.54, 1.807) is 6.07 Å². The summed E-state index contributed by atoms with van der Waals surface area (Å²) in [4.78, 5) is 26.5. The fourth-order valence-corrected chi connectivity index (χ4v) is 7.38. The van der Waals surface area contributed by atoms with E-state index in [9.17, 15) is 31.9 Å². The molecule has 0 bridgehead atoms. The topological polar surface area (TPSA) is 95.0 Å². The van der Waals surface area contributed by atoms with Crippen LogP contribution in [0.15, 0.2) is 29.2 Å². The summed E-state index contributed by atoms with van der Waals surface area (Å²) in [5.74, 6) is 1.62. The Bertz CT molecular complexity index is 1390. The predicted octanol–water partition coefficient (Wildman–Crippen LogP) is 5.11. The monoisotopic (exact) mass is 564 g/mol. The van der Waals surface area contributed by atoms with Gasteiger partial charge in [-0.05, 0) is 57.7 Å². The first-order chi connectivity index (χ1) is 17.8. The molecule has 0 radical (unpaired) electrons. The van der Waals surface area contributed by atoms with Crippen LogP contribution in [0.1, 0.15) is 67.4 Å². The van der Waals surface area contributed by atoms with Crippen LogP contribution in [0.25, 0.3) is 0 Å². The number of carboxylic acid groups (broad SMARTS) is 1. The minimum Gasteiger partial charge on any atom is -0.477 e. The standard InChI is InChI=1S/C27H30F2N2O5S2/c1-27(2,3)13-12-18-14-21(24(37-18)26(33)34)31-22(17-8-5-4-6-9-17)15-30(16-23(31)32)38(35,36)25-19(28)10-7-11-20(25)29/h7,10-11,14,17,22H,4-6,8-9,15-16H2,1-3H3,(H,33,34). The summed E-state index contributed by atoms with van der Waals surface area (Å²) >= 11 is 0.962. The lowest BCUT2D eigenvalue weighted by Crippen LogP contribution is -2.60. The maximum Gasteiger partial charge on any atom is 0.348 e. The first-order valence-electron chi connectivity index (χ1n) is 12.5. The normalized spacial score (nSPS) is 19.8. The molecule has 1 aliphatic carbocycles. The van der Waals surface area contributed by atoms with E-state index in [-0.39, 0.29) is 28.4 Å². The number of rotatable bonds is 5. The van der Waals surface area contributed by atoms with Gasteiger partial charge < -0.3 is 10.0 Å². The van der Waals surface area contributed by atoms with E-state index in [0.29, 0.717) is 4.88 Å². The lowest BCUT2D eigenvalue weighted by molar-refractivity contribution is -0.121. The van der Waals surface area contributed by atoms with E-state index in [0.717, 1.165) is 65.9 Å². The SMILES string of the molecule is CC(C)(C)C#Cc1cc(N2C(=O)CN(S(=O)(=O)c3c(F)cccc3F)CC2C2CCCCC2)c(C(=O)O)s1. The van der Waals surface area contributed by atoms with Crippen molar-refractivity contribution in [2.24, 2.45) is 11.3 Å². The van der Waals surface area contributed by atoms with Crippen molar-refractivity contribution in [2.75, 3.05) is 18.0 Å². The van der Waals surface area contributed by atoms with Gasteiger partial charge in [0.15, 0.2) is 4.90 Å². The first kappa shape index (κ1) is 28.2. The summed E-state index contributed by atoms with van der Waals surface area (Å²) in [6, 6.07) is 3.66. The zero-order valence-electron chi connectivity index (χ0n) is 21.5. The number of carbonyl (C=O) groups excluding carboxylic acids is 1. The van der Waals surface area contributed by atoms with E-state index in [1.807, 2.05) is 20.8 Å². The molecule has 7 nitrogen and oxygen atoms in total. The van der Waals surface area contributed by atoms with Crippen LogP contribution >= 0.6 is 11.3 Å². The van der Waals surface area contributed by atoms with Crippen molar-refractivity contribution >= 4 is 38.9 Å². The predicted molar refractivity (Wildman–Crippen MR) is 141 cm³/mol. The highest BCUT2D eigenvalue weighted by molar-refractivity contribution is 7.89. The highest BCUT2D eigenvalue weighted by Crippen LogP contribution is 2.39. The number of amides is 1. The Balaban J connectivity index is 1.79. The number of sulfonamides is 1. The molecule has 1 saturated heterocycles. The third kappa shape index (κ3) is 5.77. The number of carboxylic acids is 1. The summed E-state index contributed by atoms with van der Waals surface area (Å²) in [5.41, 5.74) is -0.147. The average Bonchev–Trinajstić information content (AvgIpc) is 3.26. The number of carbonyl (C=O) groups is 2. The minimum absolute atomic E-state index is 0.0613. The van der Waals surface area contributed by atoms with Crippen LogP contribution in [0.2, 0.25) is 0 Å². The van der Waals surface area contributed by atoms with Gasteiger partial charge in [-0.25, -0.2) is 22.0 Å². The van der Waals surface area contributed by atoms with Gasteiger partial charge in [-0.3, -0.25) is 4.79 Å². The van der Waals surface area contributed by atoms with Crippen molar-refractivity contribution in [3.63, 3.8) is 0 Å².